The van der Waals surface area contributed by atoms with Gasteiger partial charge in [-0.2, -0.15) is 0 Å². The van der Waals surface area contributed by atoms with Gasteiger partial charge in [-0.1, -0.05) is 54.6 Å². The maximum atomic E-state index is 8.25. The third-order valence-electron chi connectivity index (χ3n) is 3.82. The summed E-state index contributed by atoms with van der Waals surface area (Å²) in [7, 11) is 2.24. The van der Waals surface area contributed by atoms with E-state index in [-0.39, 0.29) is 66.3 Å². The minimum Gasteiger partial charge on any atom is -1.00 e. The number of nitrogens with zero attached hydrogens (tertiary/aromatic N) is 2. The van der Waals surface area contributed by atoms with Gasteiger partial charge in [0.25, 0.3) is 0 Å². The Kier molecular flexibility index (Phi) is 34.4. The molecule has 0 aromatic heterocycles. The van der Waals surface area contributed by atoms with Crippen LogP contribution >= 0.6 is 0 Å². The van der Waals surface area contributed by atoms with E-state index in [0.717, 1.165) is 0 Å². The van der Waals surface area contributed by atoms with Gasteiger partial charge in [0.2, 0.25) is 0 Å². The first-order valence-corrected chi connectivity index (χ1v) is 7.40. The monoisotopic (exact) mass is 567 g/mol. The second-order valence-electron chi connectivity index (χ2n) is 5.24. The zero-order valence-corrected chi connectivity index (χ0v) is 19.5. The molecule has 0 aliphatic carbocycles. The van der Waals surface area contributed by atoms with Gasteiger partial charge in [0.15, 0.2) is 0 Å². The molecular formula is C19H30BrN2NiO9+. The fourth-order valence-electron chi connectivity index (χ4n) is 2.63. The summed E-state index contributed by atoms with van der Waals surface area (Å²) in [6, 6.07) is 31.8. The van der Waals surface area contributed by atoms with Crippen LogP contribution in [0.3, 0.4) is 0 Å². The Balaban J connectivity index is -0.0000000970. The van der Waals surface area contributed by atoms with Crippen LogP contribution in [0.1, 0.15) is 0 Å². The van der Waals surface area contributed by atoms with Crippen molar-refractivity contribution in [3.05, 3.63) is 106 Å². The fraction of sp³-hybridized carbons (Fsp3) is 0.0526. The van der Waals surface area contributed by atoms with E-state index in [1.54, 1.807) is 0 Å². The number of hydrogen-bond donors (Lipinski definition) is 0. The molecule has 0 spiro atoms. The number of rotatable bonds is 3. The number of hydrogen-bond acceptors (Lipinski definition) is 3. The van der Waals surface area contributed by atoms with Gasteiger partial charge in [-0.05, 0) is 36.4 Å². The molecule has 32 heavy (non-hydrogen) atoms. The molecule has 0 fully saturated rings. The SMILES string of the molecule is C[N+](c1ccccc1)(c1ccccc1)c1ccccc1.O.O.O.O.O.O.O=[N+]([O-])[O-].[Br-].[Ni+2]. The van der Waals surface area contributed by atoms with Crippen molar-refractivity contribution in [3.63, 3.8) is 0 Å². The zero-order chi connectivity index (χ0) is 17.4. The van der Waals surface area contributed by atoms with Crippen molar-refractivity contribution in [2.24, 2.45) is 0 Å². The maximum Gasteiger partial charge on any atom is 2.00 e. The van der Waals surface area contributed by atoms with Gasteiger partial charge in [-0.25, -0.2) is 4.48 Å². The molecule has 13 heteroatoms. The largest absolute Gasteiger partial charge is 2.00 e. The molecule has 0 aliphatic heterocycles. The minimum absolute atomic E-state index is 0. The fourth-order valence-corrected chi connectivity index (χ4v) is 2.63. The average molecular weight is 569 g/mol. The molecule has 3 aromatic rings. The standard InChI is InChI=1S/C19H18N.BrH.NO3.Ni.6H2O/c1-20(17-11-5-2-6-12-17,18-13-7-3-8-14-18)19-15-9-4-10-16-19;;2-1(3)4;;;;;;;/h2-16H,1H3;1H;;;6*1H2/q+1;;-1;+2;;;;;;/p-1. The number of quaternary nitrogens is 1. The summed E-state index contributed by atoms with van der Waals surface area (Å²) in [6.07, 6.45) is 0. The summed E-state index contributed by atoms with van der Waals surface area (Å²) in [4.78, 5) is 8.25. The number of benzene rings is 3. The summed E-state index contributed by atoms with van der Waals surface area (Å²) in [5, 5.41) is 14.8. The molecule has 0 saturated carbocycles. The Hall–Kier alpha value is -2.45. The van der Waals surface area contributed by atoms with Crippen molar-refractivity contribution in [1.82, 2.24) is 4.48 Å². The normalized spacial score (nSPS) is 7.78. The van der Waals surface area contributed by atoms with Gasteiger partial charge in [0.05, 0.1) is 12.1 Å². The predicted molar refractivity (Wildman–Crippen MR) is 118 cm³/mol. The van der Waals surface area contributed by atoms with Crippen molar-refractivity contribution in [2.75, 3.05) is 7.05 Å². The predicted octanol–water partition coefficient (Wildman–Crippen LogP) is -2.90. The summed E-state index contributed by atoms with van der Waals surface area (Å²) in [5.74, 6) is 0. The van der Waals surface area contributed by atoms with E-state index in [4.69, 9.17) is 15.3 Å². The van der Waals surface area contributed by atoms with Crippen LogP contribution in [0.2, 0.25) is 0 Å². The van der Waals surface area contributed by atoms with Crippen LogP contribution in [0.4, 0.5) is 17.1 Å². The molecule has 0 aliphatic rings. The molecule has 3 rings (SSSR count). The Morgan fingerprint density at radius 1 is 0.562 bits per heavy atom. The van der Waals surface area contributed by atoms with Crippen LogP contribution in [-0.4, -0.2) is 45.0 Å². The van der Waals surface area contributed by atoms with Crippen LogP contribution in [0.5, 0.6) is 0 Å². The quantitative estimate of drug-likeness (QED) is 0.139. The smallest absolute Gasteiger partial charge is 1.00 e. The summed E-state index contributed by atoms with van der Waals surface area (Å²) < 4.78 is 0.669. The van der Waals surface area contributed by atoms with E-state index in [1.165, 1.54) is 17.1 Å². The first-order valence-electron chi connectivity index (χ1n) is 7.40. The average Bonchev–Trinajstić information content (AvgIpc) is 2.63. The van der Waals surface area contributed by atoms with E-state index in [0.29, 0.717) is 4.48 Å². The van der Waals surface area contributed by atoms with Gasteiger partial charge < -0.3 is 65.2 Å². The van der Waals surface area contributed by atoms with Gasteiger partial charge in [0.1, 0.15) is 17.1 Å². The summed E-state index contributed by atoms with van der Waals surface area (Å²) in [6.45, 7) is 0. The van der Waals surface area contributed by atoms with E-state index in [1.807, 2.05) is 0 Å². The third-order valence-corrected chi connectivity index (χ3v) is 3.82. The van der Waals surface area contributed by atoms with Gasteiger partial charge in [-0.15, -0.1) is 0 Å². The van der Waals surface area contributed by atoms with Crippen molar-refractivity contribution in [1.29, 1.82) is 0 Å². The molecule has 0 amide bonds. The molecule has 0 bridgehead atoms. The molecule has 0 heterocycles. The first-order chi connectivity index (χ1) is 11.5. The van der Waals surface area contributed by atoms with Crippen LogP contribution in [0, 0.1) is 15.3 Å². The van der Waals surface area contributed by atoms with E-state index in [9.17, 15) is 0 Å². The molecule has 0 radical (unpaired) electrons. The van der Waals surface area contributed by atoms with Crippen LogP contribution in [0.25, 0.3) is 0 Å². The van der Waals surface area contributed by atoms with Crippen LogP contribution in [0.15, 0.2) is 91.0 Å². The topological polar surface area (TPSA) is 255 Å². The Bertz CT molecular complexity index is 688. The number of para-hydroxylation sites is 3. The molecule has 11 nitrogen and oxygen atoms in total. The van der Waals surface area contributed by atoms with Crippen molar-refractivity contribution >= 4 is 17.1 Å². The molecule has 0 atom stereocenters. The minimum atomic E-state index is -1.75. The zero-order valence-electron chi connectivity index (χ0n) is 17.0. The second kappa shape index (κ2) is 23.2. The van der Waals surface area contributed by atoms with Crippen LogP contribution in [-0.2, 0) is 16.5 Å². The molecule has 0 unspecified atom stereocenters. The molecule has 12 N–H and O–H groups in total. The van der Waals surface area contributed by atoms with E-state index in [2.05, 4.69) is 98.0 Å². The third kappa shape index (κ3) is 12.4. The van der Waals surface area contributed by atoms with E-state index < -0.39 is 5.09 Å². The Morgan fingerprint density at radius 2 is 0.719 bits per heavy atom. The number of halogens is 1. The molecule has 186 valence electrons. The summed E-state index contributed by atoms with van der Waals surface area (Å²) in [5.41, 5.74) is 3.76. The van der Waals surface area contributed by atoms with Gasteiger partial charge in [0, 0.05) is 0 Å². The van der Waals surface area contributed by atoms with Crippen molar-refractivity contribution < 1.29 is 71.4 Å². The van der Waals surface area contributed by atoms with Gasteiger partial charge >= 0.3 is 16.5 Å². The van der Waals surface area contributed by atoms with Gasteiger partial charge in [-0.3, -0.25) is 0 Å². The summed E-state index contributed by atoms with van der Waals surface area (Å²) >= 11 is 0. The van der Waals surface area contributed by atoms with Crippen molar-refractivity contribution in [3.8, 4) is 0 Å². The second-order valence-corrected chi connectivity index (χ2v) is 5.24. The maximum absolute atomic E-state index is 8.25. The van der Waals surface area contributed by atoms with Crippen LogP contribution < -0.4 is 21.5 Å². The Morgan fingerprint density at radius 3 is 0.875 bits per heavy atom. The molecule has 3 aromatic carbocycles. The first kappa shape index (κ1) is 47.4. The molecule has 0 saturated heterocycles. The van der Waals surface area contributed by atoms with Crippen molar-refractivity contribution in [2.45, 2.75) is 0 Å². The molecular weight excluding hydrogens is 539 g/mol. The van der Waals surface area contributed by atoms with E-state index >= 15 is 0 Å². The Labute approximate surface area is 206 Å².